The van der Waals surface area contributed by atoms with E-state index in [9.17, 15) is 19.2 Å². The summed E-state index contributed by atoms with van der Waals surface area (Å²) in [5.41, 5.74) is 0. The van der Waals surface area contributed by atoms with Crippen LogP contribution in [-0.4, -0.2) is 37.8 Å². The molecule has 0 aromatic heterocycles. The van der Waals surface area contributed by atoms with E-state index in [1.54, 1.807) is 62.4 Å². The second kappa shape index (κ2) is 11.5. The second-order valence-corrected chi connectivity index (χ2v) is 6.85. The third kappa shape index (κ3) is 5.91. The van der Waals surface area contributed by atoms with E-state index in [1.165, 1.54) is 0 Å². The number of ether oxygens (including phenoxy) is 6. The highest BCUT2D eigenvalue weighted by Gasteiger charge is 2.23. The van der Waals surface area contributed by atoms with Gasteiger partial charge in [-0.25, -0.2) is 19.2 Å². The summed E-state index contributed by atoms with van der Waals surface area (Å²) in [4.78, 5) is 47.7. The van der Waals surface area contributed by atoms with Crippen molar-refractivity contribution in [3.8, 4) is 11.5 Å². The molecule has 3 aromatic rings. The third-order valence-electron chi connectivity index (χ3n) is 4.38. The van der Waals surface area contributed by atoms with Crippen LogP contribution in [0.3, 0.4) is 0 Å². The molecule has 0 aliphatic rings. The zero-order chi connectivity index (χ0) is 24.5. The van der Waals surface area contributed by atoms with Gasteiger partial charge in [0.25, 0.3) is 0 Å². The van der Waals surface area contributed by atoms with Gasteiger partial charge >= 0.3 is 24.6 Å². The topological polar surface area (TPSA) is 124 Å². The van der Waals surface area contributed by atoms with Crippen LogP contribution in [-0.2, 0) is 18.9 Å². The van der Waals surface area contributed by atoms with Crippen molar-refractivity contribution < 1.29 is 47.6 Å². The first kappa shape index (κ1) is 24.3. The highest BCUT2D eigenvalue weighted by Crippen LogP contribution is 2.42. The molecule has 0 heterocycles. The standard InChI is InChI=1S/C24H22O10/c1-3-13-29-21(25)33-23(27)31-19-15-9-5-7-11-17(15)20(18-12-8-6-10-16(18)19)32-24(28)34-22(26)30-14-4-2/h5-12H,3-4,13-14H2,1-2H3. The summed E-state index contributed by atoms with van der Waals surface area (Å²) < 4.78 is 29.2. The Hall–Kier alpha value is -4.34. The molecule has 34 heavy (non-hydrogen) atoms. The maximum atomic E-state index is 12.2. The van der Waals surface area contributed by atoms with Crippen LogP contribution >= 0.6 is 0 Å². The molecule has 0 spiro atoms. The molecule has 3 aromatic carbocycles. The van der Waals surface area contributed by atoms with E-state index in [0.717, 1.165) is 0 Å². The Morgan fingerprint density at radius 2 is 0.882 bits per heavy atom. The van der Waals surface area contributed by atoms with Gasteiger partial charge in [-0.2, -0.15) is 0 Å². The maximum absolute atomic E-state index is 12.2. The molecule has 0 fully saturated rings. The van der Waals surface area contributed by atoms with E-state index >= 15 is 0 Å². The number of carbonyl (C=O) groups excluding carboxylic acids is 4. The second-order valence-electron chi connectivity index (χ2n) is 6.85. The Labute approximate surface area is 194 Å². The molecule has 0 aliphatic heterocycles. The van der Waals surface area contributed by atoms with Gasteiger partial charge in [-0.1, -0.05) is 62.4 Å². The lowest BCUT2D eigenvalue weighted by Gasteiger charge is -2.15. The van der Waals surface area contributed by atoms with Crippen LogP contribution in [0.4, 0.5) is 19.2 Å². The lowest BCUT2D eigenvalue weighted by atomic mass is 10.0. The van der Waals surface area contributed by atoms with E-state index in [-0.39, 0.29) is 24.7 Å². The first-order chi connectivity index (χ1) is 16.4. The molecule has 3 rings (SSSR count). The Morgan fingerprint density at radius 1 is 0.559 bits per heavy atom. The highest BCUT2D eigenvalue weighted by molar-refractivity contribution is 6.12. The first-order valence-electron chi connectivity index (χ1n) is 10.5. The lowest BCUT2D eigenvalue weighted by molar-refractivity contribution is 0.0563. The highest BCUT2D eigenvalue weighted by atomic mass is 16.8. The number of benzene rings is 3. The summed E-state index contributed by atoms with van der Waals surface area (Å²) >= 11 is 0. The largest absolute Gasteiger partial charge is 0.524 e. The molecule has 0 saturated heterocycles. The predicted molar refractivity (Wildman–Crippen MR) is 119 cm³/mol. The van der Waals surface area contributed by atoms with Crippen LogP contribution < -0.4 is 9.47 Å². The van der Waals surface area contributed by atoms with E-state index in [0.29, 0.717) is 34.4 Å². The molecule has 0 atom stereocenters. The monoisotopic (exact) mass is 470 g/mol. The molecule has 0 radical (unpaired) electrons. The van der Waals surface area contributed by atoms with Crippen molar-refractivity contribution in [1.29, 1.82) is 0 Å². The molecule has 10 nitrogen and oxygen atoms in total. The predicted octanol–water partition coefficient (Wildman–Crippen LogP) is 6.12. The Kier molecular flexibility index (Phi) is 8.22. The van der Waals surface area contributed by atoms with Crippen LogP contribution in [0.1, 0.15) is 26.7 Å². The smallest absolute Gasteiger partial charge is 0.434 e. The van der Waals surface area contributed by atoms with Crippen LogP contribution in [0.25, 0.3) is 21.5 Å². The van der Waals surface area contributed by atoms with Crippen LogP contribution in [0.2, 0.25) is 0 Å². The number of hydrogen-bond donors (Lipinski definition) is 0. The Balaban J connectivity index is 1.96. The molecule has 0 amide bonds. The van der Waals surface area contributed by atoms with Gasteiger partial charge in [0.15, 0.2) is 0 Å². The normalized spacial score (nSPS) is 10.4. The van der Waals surface area contributed by atoms with Crippen molar-refractivity contribution in [2.24, 2.45) is 0 Å². The number of hydrogen-bond acceptors (Lipinski definition) is 10. The minimum atomic E-state index is -1.29. The fourth-order valence-electron chi connectivity index (χ4n) is 3.04. The third-order valence-corrected chi connectivity index (χ3v) is 4.38. The zero-order valence-corrected chi connectivity index (χ0v) is 18.5. The molecule has 0 bridgehead atoms. The molecule has 0 unspecified atom stereocenters. The SMILES string of the molecule is CCCOC(=O)OC(=O)Oc1c2ccccc2c(OC(=O)OC(=O)OCCC)c2ccccc12. The fourth-order valence-corrected chi connectivity index (χ4v) is 3.04. The van der Waals surface area contributed by atoms with Gasteiger partial charge in [-0.3, -0.25) is 0 Å². The van der Waals surface area contributed by atoms with Gasteiger partial charge in [0.05, 0.1) is 13.2 Å². The molecule has 0 aliphatic carbocycles. The van der Waals surface area contributed by atoms with E-state index in [2.05, 4.69) is 9.47 Å². The summed E-state index contributed by atoms with van der Waals surface area (Å²) in [7, 11) is 0. The molecular weight excluding hydrogens is 448 g/mol. The van der Waals surface area contributed by atoms with Crippen molar-refractivity contribution in [1.82, 2.24) is 0 Å². The minimum Gasteiger partial charge on any atom is -0.434 e. The average molecular weight is 470 g/mol. The maximum Gasteiger partial charge on any atom is 0.524 e. The summed E-state index contributed by atoms with van der Waals surface area (Å²) in [6, 6.07) is 13.2. The van der Waals surface area contributed by atoms with Gasteiger partial charge in [0.1, 0.15) is 11.5 Å². The fraction of sp³-hybridized carbons (Fsp3) is 0.250. The van der Waals surface area contributed by atoms with Crippen molar-refractivity contribution in [3.05, 3.63) is 48.5 Å². The van der Waals surface area contributed by atoms with Crippen LogP contribution in [0.5, 0.6) is 11.5 Å². The van der Waals surface area contributed by atoms with Gasteiger partial charge in [-0.05, 0) is 12.8 Å². The molecule has 0 saturated carbocycles. The van der Waals surface area contributed by atoms with Crippen molar-refractivity contribution >= 4 is 46.2 Å². The number of rotatable bonds is 6. The molecular formula is C24H22O10. The first-order valence-corrected chi connectivity index (χ1v) is 10.5. The summed E-state index contributed by atoms with van der Waals surface area (Å²) in [6.07, 6.45) is -3.83. The van der Waals surface area contributed by atoms with E-state index in [4.69, 9.17) is 18.9 Å². The Morgan fingerprint density at radius 3 is 1.18 bits per heavy atom. The summed E-state index contributed by atoms with van der Waals surface area (Å²) in [6.45, 7) is 3.76. The Bertz CT molecular complexity index is 1070. The lowest BCUT2D eigenvalue weighted by Crippen LogP contribution is -2.19. The molecule has 0 N–H and O–H groups in total. The number of fused-ring (bicyclic) bond motifs is 2. The summed E-state index contributed by atoms with van der Waals surface area (Å²) in [5.74, 6) is 0.144. The minimum absolute atomic E-state index is 0.0718. The van der Waals surface area contributed by atoms with Crippen molar-refractivity contribution in [2.75, 3.05) is 13.2 Å². The van der Waals surface area contributed by atoms with Gasteiger partial charge in [0, 0.05) is 21.5 Å². The van der Waals surface area contributed by atoms with Crippen molar-refractivity contribution in [3.63, 3.8) is 0 Å². The van der Waals surface area contributed by atoms with Crippen LogP contribution in [0, 0.1) is 0 Å². The van der Waals surface area contributed by atoms with Crippen LogP contribution in [0.15, 0.2) is 48.5 Å². The summed E-state index contributed by atoms with van der Waals surface area (Å²) in [5, 5.41) is 1.49. The van der Waals surface area contributed by atoms with E-state index in [1.807, 2.05) is 0 Å². The molecule has 10 heteroatoms. The average Bonchev–Trinajstić information content (AvgIpc) is 2.83. The zero-order valence-electron chi connectivity index (χ0n) is 18.5. The van der Waals surface area contributed by atoms with E-state index < -0.39 is 24.6 Å². The van der Waals surface area contributed by atoms with Gasteiger partial charge in [0.2, 0.25) is 0 Å². The van der Waals surface area contributed by atoms with Gasteiger partial charge in [-0.15, -0.1) is 0 Å². The van der Waals surface area contributed by atoms with Crippen molar-refractivity contribution in [2.45, 2.75) is 26.7 Å². The van der Waals surface area contributed by atoms with Gasteiger partial charge < -0.3 is 28.4 Å². The molecule has 178 valence electrons. The number of carbonyl (C=O) groups is 4. The quantitative estimate of drug-likeness (QED) is 0.180.